The average Bonchev–Trinajstić information content (AvgIpc) is 2.69. The highest BCUT2D eigenvalue weighted by molar-refractivity contribution is 6.31. The van der Waals surface area contributed by atoms with Gasteiger partial charge in [-0.3, -0.25) is 9.78 Å². The van der Waals surface area contributed by atoms with E-state index in [1.807, 2.05) is 35.2 Å². The van der Waals surface area contributed by atoms with Gasteiger partial charge in [0.05, 0.1) is 0 Å². The molecular formula is C23H22ClN3O. The number of anilines is 2. The number of benzene rings is 2. The zero-order valence-electron chi connectivity index (χ0n) is 15.9. The van der Waals surface area contributed by atoms with Gasteiger partial charge in [-0.05, 0) is 78.4 Å². The Hall–Kier alpha value is -2.85. The Bertz CT molecular complexity index is 1050. The molecule has 0 unspecified atom stereocenters. The molecule has 0 fully saturated rings. The number of rotatable bonds is 2. The van der Waals surface area contributed by atoms with Crippen molar-refractivity contribution in [1.29, 1.82) is 0 Å². The Morgan fingerprint density at radius 3 is 2.61 bits per heavy atom. The molecule has 0 saturated carbocycles. The van der Waals surface area contributed by atoms with Crippen molar-refractivity contribution in [2.75, 3.05) is 10.6 Å². The standard InChI is InChI=1S/C23H22ClN3O/c1-14-3-5-19-22(27(14)15(2)28)8-6-18(16-9-11-26-12-10-16)23(19)20-13-17(24)4-7-21(20)25/h4,6-14H,3,5,25H2,1-2H3/t14-/m0/s1. The van der Waals surface area contributed by atoms with Gasteiger partial charge in [0, 0.05) is 47.3 Å². The van der Waals surface area contributed by atoms with Gasteiger partial charge >= 0.3 is 0 Å². The maximum atomic E-state index is 12.4. The SMILES string of the molecule is CC(=O)N1c2ccc(-c3ccncc3)c(-c3cc(Cl)ccc3N)c2CC[C@@H]1C. The maximum absolute atomic E-state index is 12.4. The summed E-state index contributed by atoms with van der Waals surface area (Å²) in [6.07, 6.45) is 5.34. The average molecular weight is 392 g/mol. The minimum Gasteiger partial charge on any atom is -0.398 e. The third-order valence-electron chi connectivity index (χ3n) is 5.42. The molecule has 142 valence electrons. The predicted octanol–water partition coefficient (Wildman–Crippen LogP) is 5.34. The van der Waals surface area contributed by atoms with Crippen LogP contribution in [0, 0.1) is 0 Å². The van der Waals surface area contributed by atoms with Crippen LogP contribution in [0.15, 0.2) is 54.9 Å². The summed E-state index contributed by atoms with van der Waals surface area (Å²) in [5, 5.41) is 0.634. The molecule has 5 heteroatoms. The van der Waals surface area contributed by atoms with Crippen LogP contribution in [-0.4, -0.2) is 16.9 Å². The van der Waals surface area contributed by atoms with Crippen molar-refractivity contribution in [3.8, 4) is 22.3 Å². The van der Waals surface area contributed by atoms with Gasteiger partial charge in [-0.2, -0.15) is 0 Å². The molecule has 28 heavy (non-hydrogen) atoms. The second kappa shape index (κ2) is 7.28. The Morgan fingerprint density at radius 1 is 1.14 bits per heavy atom. The summed E-state index contributed by atoms with van der Waals surface area (Å²) in [5.74, 6) is 0.0510. The molecule has 2 aromatic carbocycles. The molecule has 0 saturated heterocycles. The number of carbonyl (C=O) groups is 1. The van der Waals surface area contributed by atoms with E-state index in [1.54, 1.807) is 25.4 Å². The Morgan fingerprint density at radius 2 is 1.89 bits per heavy atom. The highest BCUT2D eigenvalue weighted by atomic mass is 35.5. The quantitative estimate of drug-likeness (QED) is 0.600. The van der Waals surface area contributed by atoms with Gasteiger partial charge in [-0.15, -0.1) is 0 Å². The van der Waals surface area contributed by atoms with Crippen molar-refractivity contribution in [2.45, 2.75) is 32.7 Å². The van der Waals surface area contributed by atoms with Crippen LogP contribution in [-0.2, 0) is 11.2 Å². The number of nitrogens with zero attached hydrogens (tertiary/aromatic N) is 2. The number of carbonyl (C=O) groups excluding carboxylic acids is 1. The van der Waals surface area contributed by atoms with Crippen LogP contribution in [0.25, 0.3) is 22.3 Å². The van der Waals surface area contributed by atoms with Crippen molar-refractivity contribution in [3.05, 3.63) is 65.4 Å². The highest BCUT2D eigenvalue weighted by Crippen LogP contribution is 2.45. The summed E-state index contributed by atoms with van der Waals surface area (Å²) in [7, 11) is 0. The molecule has 1 aromatic heterocycles. The molecule has 0 radical (unpaired) electrons. The fourth-order valence-electron chi connectivity index (χ4n) is 4.14. The molecular weight excluding hydrogens is 370 g/mol. The van der Waals surface area contributed by atoms with Crippen LogP contribution in [0.1, 0.15) is 25.8 Å². The maximum Gasteiger partial charge on any atom is 0.224 e. The lowest BCUT2D eigenvalue weighted by atomic mass is 9.84. The van der Waals surface area contributed by atoms with E-state index in [9.17, 15) is 4.79 Å². The second-order valence-corrected chi connectivity index (χ2v) is 7.67. The summed E-state index contributed by atoms with van der Waals surface area (Å²) in [6, 6.07) is 13.8. The van der Waals surface area contributed by atoms with E-state index in [4.69, 9.17) is 17.3 Å². The van der Waals surface area contributed by atoms with Gasteiger partial charge in [-0.1, -0.05) is 17.7 Å². The second-order valence-electron chi connectivity index (χ2n) is 7.23. The molecule has 1 atom stereocenters. The van der Waals surface area contributed by atoms with E-state index in [2.05, 4.69) is 18.0 Å². The molecule has 1 amide bonds. The van der Waals surface area contributed by atoms with Crippen LogP contribution in [0.2, 0.25) is 5.02 Å². The third kappa shape index (κ3) is 3.14. The zero-order valence-corrected chi connectivity index (χ0v) is 16.7. The smallest absolute Gasteiger partial charge is 0.224 e. The molecule has 2 N–H and O–H groups in total. The highest BCUT2D eigenvalue weighted by Gasteiger charge is 2.29. The van der Waals surface area contributed by atoms with Crippen LogP contribution in [0.5, 0.6) is 0 Å². The first kappa shape index (κ1) is 18.5. The van der Waals surface area contributed by atoms with E-state index in [0.717, 1.165) is 46.3 Å². The van der Waals surface area contributed by atoms with Crippen LogP contribution in [0.3, 0.4) is 0 Å². The van der Waals surface area contributed by atoms with Gasteiger partial charge in [0.25, 0.3) is 0 Å². The monoisotopic (exact) mass is 391 g/mol. The topological polar surface area (TPSA) is 59.2 Å². The van der Waals surface area contributed by atoms with Crippen molar-refractivity contribution >= 4 is 28.9 Å². The van der Waals surface area contributed by atoms with Gasteiger partial charge in [0.2, 0.25) is 5.91 Å². The van der Waals surface area contributed by atoms with E-state index >= 15 is 0 Å². The molecule has 0 aliphatic carbocycles. The Kier molecular flexibility index (Phi) is 4.82. The summed E-state index contributed by atoms with van der Waals surface area (Å²) in [6.45, 7) is 3.71. The van der Waals surface area contributed by atoms with Crippen molar-refractivity contribution in [3.63, 3.8) is 0 Å². The number of nitrogens with two attached hydrogens (primary N) is 1. The number of pyridine rings is 1. The van der Waals surface area contributed by atoms with Gasteiger partial charge < -0.3 is 10.6 Å². The third-order valence-corrected chi connectivity index (χ3v) is 5.65. The van der Waals surface area contributed by atoms with Crippen LogP contribution >= 0.6 is 11.6 Å². The van der Waals surface area contributed by atoms with Crippen molar-refractivity contribution in [1.82, 2.24) is 4.98 Å². The first-order valence-electron chi connectivity index (χ1n) is 9.39. The first-order chi connectivity index (χ1) is 13.5. The van der Waals surface area contributed by atoms with E-state index in [-0.39, 0.29) is 11.9 Å². The van der Waals surface area contributed by atoms with Gasteiger partial charge in [0.1, 0.15) is 0 Å². The summed E-state index contributed by atoms with van der Waals surface area (Å²) in [5.41, 5.74) is 13.2. The lowest BCUT2D eigenvalue weighted by molar-refractivity contribution is -0.117. The normalized spacial score (nSPS) is 16.0. The number of hydrogen-bond donors (Lipinski definition) is 1. The van der Waals surface area contributed by atoms with Gasteiger partial charge in [0.15, 0.2) is 0 Å². The Labute approximate surface area is 170 Å². The zero-order chi connectivity index (χ0) is 19.8. The van der Waals surface area contributed by atoms with Gasteiger partial charge in [-0.25, -0.2) is 0 Å². The molecule has 4 rings (SSSR count). The van der Waals surface area contributed by atoms with Crippen molar-refractivity contribution < 1.29 is 4.79 Å². The van der Waals surface area contributed by atoms with E-state index < -0.39 is 0 Å². The number of halogens is 1. The van der Waals surface area contributed by atoms with E-state index in [0.29, 0.717) is 10.7 Å². The minimum absolute atomic E-state index is 0.0510. The number of nitrogen functional groups attached to an aromatic ring is 1. The summed E-state index contributed by atoms with van der Waals surface area (Å²) < 4.78 is 0. The molecule has 4 nitrogen and oxygen atoms in total. The summed E-state index contributed by atoms with van der Waals surface area (Å²) >= 11 is 6.32. The number of amides is 1. The lowest BCUT2D eigenvalue weighted by Crippen LogP contribution is -2.40. The molecule has 1 aliphatic heterocycles. The largest absolute Gasteiger partial charge is 0.398 e. The van der Waals surface area contributed by atoms with Crippen LogP contribution in [0.4, 0.5) is 11.4 Å². The Balaban J connectivity index is 2.05. The number of aromatic nitrogens is 1. The molecule has 0 bridgehead atoms. The predicted molar refractivity (Wildman–Crippen MR) is 115 cm³/mol. The summed E-state index contributed by atoms with van der Waals surface area (Å²) in [4.78, 5) is 18.4. The molecule has 0 spiro atoms. The molecule has 3 aromatic rings. The van der Waals surface area contributed by atoms with E-state index in [1.165, 1.54) is 0 Å². The first-order valence-corrected chi connectivity index (χ1v) is 9.76. The molecule has 1 aliphatic rings. The van der Waals surface area contributed by atoms with Crippen molar-refractivity contribution in [2.24, 2.45) is 0 Å². The molecule has 2 heterocycles. The lowest BCUT2D eigenvalue weighted by Gasteiger charge is -2.36. The fraction of sp³-hybridized carbons (Fsp3) is 0.217. The number of hydrogen-bond acceptors (Lipinski definition) is 3. The van der Waals surface area contributed by atoms with Crippen LogP contribution < -0.4 is 10.6 Å². The number of fused-ring (bicyclic) bond motifs is 1. The fourth-order valence-corrected chi connectivity index (χ4v) is 4.31. The minimum atomic E-state index is 0.0510.